The molecule has 1 aromatic heterocycles. The van der Waals surface area contributed by atoms with Crippen LogP contribution in [0.25, 0.3) is 0 Å². The Balaban J connectivity index is 1.82. The van der Waals surface area contributed by atoms with Crippen LogP contribution in [0.5, 0.6) is 0 Å². The van der Waals surface area contributed by atoms with Crippen molar-refractivity contribution < 1.29 is 23.4 Å². The van der Waals surface area contributed by atoms with Crippen LogP contribution in [0.3, 0.4) is 0 Å². The SMILES string of the molecule is COCO[C@H](C[C@@H](C)OC1CCCCO1)c1ccco1. The van der Waals surface area contributed by atoms with Crippen molar-refractivity contribution in [2.75, 3.05) is 20.5 Å². The molecule has 0 amide bonds. The highest BCUT2D eigenvalue weighted by Gasteiger charge is 2.22. The van der Waals surface area contributed by atoms with Gasteiger partial charge in [0.05, 0.1) is 12.4 Å². The molecule has 0 spiro atoms. The molecule has 0 saturated carbocycles. The molecule has 0 aromatic carbocycles. The molecule has 3 atom stereocenters. The summed E-state index contributed by atoms with van der Waals surface area (Å²) in [6, 6.07) is 3.76. The second-order valence-corrected chi connectivity index (χ2v) is 5.06. The molecule has 1 fully saturated rings. The highest BCUT2D eigenvalue weighted by Crippen LogP contribution is 2.26. The molecular weight excluding hydrogens is 260 g/mol. The van der Waals surface area contributed by atoms with Crippen LogP contribution >= 0.6 is 0 Å². The summed E-state index contributed by atoms with van der Waals surface area (Å²) in [6.45, 7) is 3.06. The summed E-state index contributed by atoms with van der Waals surface area (Å²) in [6.07, 6.45) is 5.39. The van der Waals surface area contributed by atoms with E-state index in [1.165, 1.54) is 6.42 Å². The first-order chi connectivity index (χ1) is 9.79. The van der Waals surface area contributed by atoms with Crippen molar-refractivity contribution in [3.8, 4) is 0 Å². The molecule has 2 rings (SSSR count). The fraction of sp³-hybridized carbons (Fsp3) is 0.733. The first-order valence-corrected chi connectivity index (χ1v) is 7.20. The minimum Gasteiger partial charge on any atom is -0.467 e. The van der Waals surface area contributed by atoms with E-state index in [9.17, 15) is 0 Å². The molecule has 114 valence electrons. The Morgan fingerprint density at radius 3 is 2.95 bits per heavy atom. The molecule has 2 heterocycles. The fourth-order valence-corrected chi connectivity index (χ4v) is 2.33. The number of ether oxygens (including phenoxy) is 4. The third kappa shape index (κ3) is 4.90. The van der Waals surface area contributed by atoms with Gasteiger partial charge < -0.3 is 23.4 Å². The zero-order valence-corrected chi connectivity index (χ0v) is 12.2. The highest BCUT2D eigenvalue weighted by atomic mass is 16.7. The van der Waals surface area contributed by atoms with Crippen LogP contribution in [0.2, 0.25) is 0 Å². The van der Waals surface area contributed by atoms with Crippen LogP contribution < -0.4 is 0 Å². The van der Waals surface area contributed by atoms with Crippen molar-refractivity contribution in [3.63, 3.8) is 0 Å². The lowest BCUT2D eigenvalue weighted by molar-refractivity contribution is -0.194. The zero-order valence-electron chi connectivity index (χ0n) is 12.2. The average molecular weight is 284 g/mol. The Morgan fingerprint density at radius 2 is 2.30 bits per heavy atom. The number of furan rings is 1. The molecular formula is C15H24O5. The van der Waals surface area contributed by atoms with E-state index in [0.717, 1.165) is 25.2 Å². The van der Waals surface area contributed by atoms with Crippen LogP contribution in [-0.4, -0.2) is 32.9 Å². The Labute approximate surface area is 120 Å². The maximum absolute atomic E-state index is 5.92. The van der Waals surface area contributed by atoms with Gasteiger partial charge in [0.2, 0.25) is 0 Å². The van der Waals surface area contributed by atoms with Crippen LogP contribution in [0.4, 0.5) is 0 Å². The van der Waals surface area contributed by atoms with Gasteiger partial charge in [0.15, 0.2) is 6.29 Å². The van der Waals surface area contributed by atoms with Gasteiger partial charge >= 0.3 is 0 Å². The second-order valence-electron chi connectivity index (χ2n) is 5.06. The van der Waals surface area contributed by atoms with Gasteiger partial charge in [-0.25, -0.2) is 0 Å². The van der Waals surface area contributed by atoms with E-state index in [1.54, 1.807) is 13.4 Å². The first kappa shape index (κ1) is 15.5. The van der Waals surface area contributed by atoms with Gasteiger partial charge in [-0.15, -0.1) is 0 Å². The maximum atomic E-state index is 5.92. The molecule has 0 bridgehead atoms. The average Bonchev–Trinajstić information content (AvgIpc) is 2.98. The Bertz CT molecular complexity index is 345. The number of hydrogen-bond donors (Lipinski definition) is 0. The van der Waals surface area contributed by atoms with Gasteiger partial charge in [-0.3, -0.25) is 0 Å². The van der Waals surface area contributed by atoms with E-state index in [2.05, 4.69) is 0 Å². The van der Waals surface area contributed by atoms with E-state index in [1.807, 2.05) is 19.1 Å². The minimum atomic E-state index is -0.163. The second kappa shape index (κ2) is 8.42. The maximum Gasteiger partial charge on any atom is 0.157 e. The van der Waals surface area contributed by atoms with E-state index < -0.39 is 0 Å². The third-order valence-corrected chi connectivity index (χ3v) is 3.32. The van der Waals surface area contributed by atoms with Crippen molar-refractivity contribution in [3.05, 3.63) is 24.2 Å². The van der Waals surface area contributed by atoms with Gasteiger partial charge in [-0.2, -0.15) is 0 Å². The standard InChI is InChI=1S/C15H24O5/c1-12(20-15-7-3-4-8-18-15)10-14(19-11-16-2)13-6-5-9-17-13/h5-6,9,12,14-15H,3-4,7-8,10-11H2,1-2H3/t12-,14-,15?/m1/s1. The molecule has 1 unspecified atom stereocenters. The van der Waals surface area contributed by atoms with Gasteiger partial charge in [-0.1, -0.05) is 0 Å². The molecule has 0 aliphatic carbocycles. The highest BCUT2D eigenvalue weighted by molar-refractivity contribution is 5.02. The Morgan fingerprint density at radius 1 is 1.40 bits per heavy atom. The predicted molar refractivity (Wildman–Crippen MR) is 73.2 cm³/mol. The number of rotatable bonds is 8. The molecule has 5 nitrogen and oxygen atoms in total. The summed E-state index contributed by atoms with van der Waals surface area (Å²) in [5, 5.41) is 0. The smallest absolute Gasteiger partial charge is 0.157 e. The molecule has 1 aliphatic rings. The predicted octanol–water partition coefficient (Wildman–Crippen LogP) is 3.26. The lowest BCUT2D eigenvalue weighted by Gasteiger charge is -2.27. The zero-order chi connectivity index (χ0) is 14.2. The fourth-order valence-electron chi connectivity index (χ4n) is 2.33. The van der Waals surface area contributed by atoms with Gasteiger partial charge in [0.1, 0.15) is 18.7 Å². The minimum absolute atomic E-state index is 0.0325. The molecule has 5 heteroatoms. The molecule has 0 radical (unpaired) electrons. The van der Waals surface area contributed by atoms with E-state index >= 15 is 0 Å². The van der Waals surface area contributed by atoms with Crippen molar-refractivity contribution in [2.45, 2.75) is 51.1 Å². The van der Waals surface area contributed by atoms with E-state index in [4.69, 9.17) is 23.4 Å². The van der Waals surface area contributed by atoms with E-state index in [-0.39, 0.29) is 25.3 Å². The first-order valence-electron chi connectivity index (χ1n) is 7.20. The van der Waals surface area contributed by atoms with Crippen LogP contribution in [-0.2, 0) is 18.9 Å². The summed E-state index contributed by atoms with van der Waals surface area (Å²) in [4.78, 5) is 0. The third-order valence-electron chi connectivity index (χ3n) is 3.32. The molecule has 1 aromatic rings. The number of methoxy groups -OCH3 is 1. The molecule has 1 saturated heterocycles. The van der Waals surface area contributed by atoms with Crippen LogP contribution in [0.1, 0.15) is 44.5 Å². The monoisotopic (exact) mass is 284 g/mol. The Kier molecular flexibility index (Phi) is 6.53. The van der Waals surface area contributed by atoms with E-state index in [0.29, 0.717) is 6.42 Å². The van der Waals surface area contributed by atoms with Crippen molar-refractivity contribution in [2.24, 2.45) is 0 Å². The lowest BCUT2D eigenvalue weighted by atomic mass is 10.1. The van der Waals surface area contributed by atoms with Crippen molar-refractivity contribution in [1.29, 1.82) is 0 Å². The Hall–Kier alpha value is -0.880. The van der Waals surface area contributed by atoms with Crippen molar-refractivity contribution in [1.82, 2.24) is 0 Å². The van der Waals surface area contributed by atoms with Gasteiger partial charge in [0.25, 0.3) is 0 Å². The summed E-state index contributed by atoms with van der Waals surface area (Å²) in [5.74, 6) is 0.794. The summed E-state index contributed by atoms with van der Waals surface area (Å²) < 4.78 is 27.6. The summed E-state index contributed by atoms with van der Waals surface area (Å²) >= 11 is 0. The summed E-state index contributed by atoms with van der Waals surface area (Å²) in [7, 11) is 1.61. The molecule has 0 N–H and O–H groups in total. The normalized spacial score (nSPS) is 22.6. The van der Waals surface area contributed by atoms with Gasteiger partial charge in [-0.05, 0) is 38.3 Å². The lowest BCUT2D eigenvalue weighted by Crippen LogP contribution is -2.27. The number of hydrogen-bond acceptors (Lipinski definition) is 5. The van der Waals surface area contributed by atoms with Crippen LogP contribution in [0, 0.1) is 0 Å². The summed E-state index contributed by atoms with van der Waals surface area (Å²) in [5.41, 5.74) is 0. The van der Waals surface area contributed by atoms with Gasteiger partial charge in [0, 0.05) is 20.1 Å². The van der Waals surface area contributed by atoms with Crippen molar-refractivity contribution >= 4 is 0 Å². The molecule has 20 heavy (non-hydrogen) atoms. The topological polar surface area (TPSA) is 50.1 Å². The largest absolute Gasteiger partial charge is 0.467 e. The molecule has 1 aliphatic heterocycles. The quantitative estimate of drug-likeness (QED) is 0.686. The van der Waals surface area contributed by atoms with Crippen LogP contribution in [0.15, 0.2) is 22.8 Å².